The van der Waals surface area contributed by atoms with Crippen molar-refractivity contribution in [3.8, 4) is 16.6 Å². The van der Waals surface area contributed by atoms with Gasteiger partial charge in [-0.25, -0.2) is 15.0 Å². The molecule has 2 aliphatic rings. The third-order valence-corrected chi connectivity index (χ3v) is 7.06. The summed E-state index contributed by atoms with van der Waals surface area (Å²) in [6.45, 7) is 12.8. The summed E-state index contributed by atoms with van der Waals surface area (Å²) in [6, 6.07) is 6.51. The predicted octanol–water partition coefficient (Wildman–Crippen LogP) is 3.21. The number of aromatic nitrogens is 4. The number of thiazole rings is 1. The van der Waals surface area contributed by atoms with Gasteiger partial charge < -0.3 is 19.7 Å². The molecule has 0 bridgehead atoms. The van der Waals surface area contributed by atoms with E-state index in [0.717, 1.165) is 79.7 Å². The Morgan fingerprint density at radius 3 is 2.62 bits per heavy atom. The van der Waals surface area contributed by atoms with Gasteiger partial charge in [0.1, 0.15) is 5.82 Å². The molecule has 9 nitrogen and oxygen atoms in total. The summed E-state index contributed by atoms with van der Waals surface area (Å²) in [7, 11) is 0. The molecule has 3 aromatic rings. The van der Waals surface area contributed by atoms with Gasteiger partial charge in [0.25, 0.3) is 0 Å². The maximum atomic E-state index is 5.78. The number of pyridine rings is 1. The molecule has 0 aromatic carbocycles. The zero-order valence-electron chi connectivity index (χ0n) is 19.7. The van der Waals surface area contributed by atoms with Crippen molar-refractivity contribution in [1.29, 1.82) is 0 Å². The number of anilines is 2. The highest BCUT2D eigenvalue weighted by Crippen LogP contribution is 2.30. The van der Waals surface area contributed by atoms with Crippen molar-refractivity contribution in [3.63, 3.8) is 0 Å². The second-order valence-electron chi connectivity index (χ2n) is 8.81. The Morgan fingerprint density at radius 2 is 1.91 bits per heavy atom. The average Bonchev–Trinajstić information content (AvgIpc) is 3.28. The number of rotatable bonds is 9. The number of hydrogen-bond acceptors (Lipinski definition) is 10. The van der Waals surface area contributed by atoms with Gasteiger partial charge in [-0.1, -0.05) is 24.3 Å². The normalized spacial score (nSPS) is 17.5. The van der Waals surface area contributed by atoms with Crippen LogP contribution in [0.25, 0.3) is 10.6 Å². The van der Waals surface area contributed by atoms with Crippen LogP contribution in [-0.4, -0.2) is 82.3 Å². The minimum atomic E-state index is 0.401. The highest BCUT2D eigenvalue weighted by atomic mass is 32.1. The van der Waals surface area contributed by atoms with E-state index in [1.807, 2.05) is 31.5 Å². The van der Waals surface area contributed by atoms with Crippen LogP contribution >= 0.6 is 11.3 Å². The Bertz CT molecular complexity index is 1080. The van der Waals surface area contributed by atoms with Gasteiger partial charge in [-0.3, -0.25) is 4.90 Å². The molecule has 0 unspecified atom stereocenters. The number of nitrogens with zero attached hydrogens (tertiary/aromatic N) is 6. The smallest absolute Gasteiger partial charge is 0.317 e. The first-order valence-electron chi connectivity index (χ1n) is 11.8. The molecule has 0 amide bonds. The van der Waals surface area contributed by atoms with Gasteiger partial charge >= 0.3 is 6.01 Å². The van der Waals surface area contributed by atoms with E-state index in [1.54, 1.807) is 0 Å². The monoisotopic (exact) mass is 481 g/mol. The molecular weight excluding hydrogens is 450 g/mol. The van der Waals surface area contributed by atoms with Crippen LogP contribution in [0.4, 0.5) is 10.9 Å². The molecule has 5 heterocycles. The van der Waals surface area contributed by atoms with E-state index >= 15 is 0 Å². The molecule has 2 aliphatic heterocycles. The molecule has 34 heavy (non-hydrogen) atoms. The molecule has 0 spiro atoms. The van der Waals surface area contributed by atoms with E-state index in [0.29, 0.717) is 18.5 Å². The summed E-state index contributed by atoms with van der Waals surface area (Å²) in [5.41, 5.74) is 2.90. The molecular formula is C24H31N7O2S. The number of ether oxygens (including phenoxy) is 2. The molecule has 0 radical (unpaired) electrons. The maximum Gasteiger partial charge on any atom is 0.317 e. The van der Waals surface area contributed by atoms with Crippen molar-refractivity contribution in [3.05, 3.63) is 41.9 Å². The quantitative estimate of drug-likeness (QED) is 0.495. The van der Waals surface area contributed by atoms with E-state index in [4.69, 9.17) is 9.47 Å². The summed E-state index contributed by atoms with van der Waals surface area (Å²) < 4.78 is 11.0. The van der Waals surface area contributed by atoms with Gasteiger partial charge in [0.05, 0.1) is 30.4 Å². The van der Waals surface area contributed by atoms with E-state index < -0.39 is 0 Å². The second-order valence-corrected chi connectivity index (χ2v) is 9.84. The van der Waals surface area contributed by atoms with Crippen LogP contribution in [0.1, 0.15) is 18.2 Å². The summed E-state index contributed by atoms with van der Waals surface area (Å²) in [6.07, 6.45) is 3.77. The molecule has 3 aromatic heterocycles. The largest absolute Gasteiger partial charge is 0.463 e. The van der Waals surface area contributed by atoms with Gasteiger partial charge in [-0.05, 0) is 31.2 Å². The van der Waals surface area contributed by atoms with Crippen LogP contribution < -0.4 is 10.1 Å². The van der Waals surface area contributed by atoms with Crippen molar-refractivity contribution in [2.24, 2.45) is 5.92 Å². The number of aryl methyl sites for hydroxylation is 1. The SMILES string of the molecule is CCN1CCN(Cc2ccc(Nc3ncc(-c4cc(C)nc(OCC5COC5)n4)s3)nc2)CC1. The van der Waals surface area contributed by atoms with Gasteiger partial charge in [0.2, 0.25) is 0 Å². The van der Waals surface area contributed by atoms with Gasteiger partial charge in [-0.15, -0.1) is 0 Å². The van der Waals surface area contributed by atoms with Crippen LogP contribution in [0, 0.1) is 12.8 Å². The first-order chi connectivity index (χ1) is 16.6. The average molecular weight is 482 g/mol. The molecule has 180 valence electrons. The molecule has 10 heteroatoms. The Morgan fingerprint density at radius 1 is 1.09 bits per heavy atom. The van der Waals surface area contributed by atoms with E-state index in [9.17, 15) is 0 Å². The third-order valence-electron chi connectivity index (χ3n) is 6.13. The summed E-state index contributed by atoms with van der Waals surface area (Å²) in [5.74, 6) is 1.21. The zero-order chi connectivity index (χ0) is 23.3. The van der Waals surface area contributed by atoms with Crippen LogP contribution in [0.15, 0.2) is 30.6 Å². The molecule has 2 saturated heterocycles. The van der Waals surface area contributed by atoms with Crippen molar-refractivity contribution in [2.45, 2.75) is 20.4 Å². The predicted molar refractivity (Wildman–Crippen MR) is 133 cm³/mol. The summed E-state index contributed by atoms with van der Waals surface area (Å²) in [5, 5.41) is 4.08. The van der Waals surface area contributed by atoms with Crippen molar-refractivity contribution in [2.75, 3.05) is 57.9 Å². The highest BCUT2D eigenvalue weighted by molar-refractivity contribution is 7.18. The van der Waals surface area contributed by atoms with E-state index in [2.05, 4.69) is 48.0 Å². The molecule has 0 atom stereocenters. The van der Waals surface area contributed by atoms with Crippen molar-refractivity contribution in [1.82, 2.24) is 29.7 Å². The lowest BCUT2D eigenvalue weighted by atomic mass is 10.1. The lowest BCUT2D eigenvalue weighted by molar-refractivity contribution is -0.0520. The Labute approximate surface area is 204 Å². The van der Waals surface area contributed by atoms with Gasteiger partial charge in [0, 0.05) is 56.7 Å². The minimum absolute atomic E-state index is 0.401. The lowest BCUT2D eigenvalue weighted by Crippen LogP contribution is -2.45. The molecule has 0 aliphatic carbocycles. The fourth-order valence-corrected chi connectivity index (χ4v) is 4.76. The first-order valence-corrected chi connectivity index (χ1v) is 12.7. The topological polar surface area (TPSA) is 88.5 Å². The van der Waals surface area contributed by atoms with Gasteiger partial charge in [0.15, 0.2) is 5.13 Å². The Balaban J connectivity index is 1.18. The fraction of sp³-hybridized carbons (Fsp3) is 0.500. The Kier molecular flexibility index (Phi) is 7.29. The maximum absolute atomic E-state index is 5.78. The fourth-order valence-electron chi connectivity index (χ4n) is 3.98. The molecule has 0 saturated carbocycles. The van der Waals surface area contributed by atoms with Crippen LogP contribution in [0.5, 0.6) is 6.01 Å². The standard InChI is InChI=1S/C24H31N7O2S/c1-3-30-6-8-31(9-7-30)13-18-4-5-22(25-11-18)29-24-26-12-21(34-24)20-10-17(2)27-23(28-20)33-16-19-14-32-15-19/h4-5,10-12,19H,3,6-9,13-16H2,1-2H3,(H,25,26,29). The summed E-state index contributed by atoms with van der Waals surface area (Å²) in [4.78, 5) is 24.0. The number of nitrogens with one attached hydrogen (secondary N) is 1. The van der Waals surface area contributed by atoms with Crippen LogP contribution in [0.2, 0.25) is 0 Å². The minimum Gasteiger partial charge on any atom is -0.463 e. The third kappa shape index (κ3) is 5.87. The zero-order valence-corrected chi connectivity index (χ0v) is 20.6. The molecule has 2 fully saturated rings. The van der Waals surface area contributed by atoms with Gasteiger partial charge in [-0.2, -0.15) is 4.98 Å². The highest BCUT2D eigenvalue weighted by Gasteiger charge is 2.20. The second kappa shape index (κ2) is 10.7. The number of piperazine rings is 1. The van der Waals surface area contributed by atoms with Crippen molar-refractivity contribution >= 4 is 22.3 Å². The first kappa shape index (κ1) is 23.1. The lowest BCUT2D eigenvalue weighted by Gasteiger charge is -2.33. The Hall–Kier alpha value is -2.66. The van der Waals surface area contributed by atoms with Crippen LogP contribution in [-0.2, 0) is 11.3 Å². The number of hydrogen-bond donors (Lipinski definition) is 1. The van der Waals surface area contributed by atoms with E-state index in [1.165, 1.54) is 16.9 Å². The molecule has 1 N–H and O–H groups in total. The summed E-state index contributed by atoms with van der Waals surface area (Å²) >= 11 is 1.53. The van der Waals surface area contributed by atoms with Crippen molar-refractivity contribution < 1.29 is 9.47 Å². The molecule has 5 rings (SSSR count). The number of likely N-dealkylation sites (N-methyl/N-ethyl adjacent to an activating group) is 1. The van der Waals surface area contributed by atoms with Crippen LogP contribution in [0.3, 0.4) is 0 Å². The van der Waals surface area contributed by atoms with E-state index in [-0.39, 0.29) is 0 Å².